The number of morpholine rings is 1. The Morgan fingerprint density at radius 3 is 2.32 bits per heavy atom. The van der Waals surface area contributed by atoms with Crippen LogP contribution in [0.25, 0.3) is 0 Å². The molecule has 2 unspecified atom stereocenters. The molecule has 0 spiro atoms. The van der Waals surface area contributed by atoms with Crippen molar-refractivity contribution in [2.24, 2.45) is 5.92 Å². The number of nitrogens with zero attached hydrogens (tertiary/aromatic N) is 1. The summed E-state index contributed by atoms with van der Waals surface area (Å²) in [5.74, 6) is -10.0. The molecular formula is C30H36Cl2F2N4O6. The Kier molecular flexibility index (Phi) is 13.3. The molecule has 3 amide bonds. The van der Waals surface area contributed by atoms with Crippen LogP contribution in [0.15, 0.2) is 48.5 Å². The van der Waals surface area contributed by atoms with E-state index in [0.29, 0.717) is 43.4 Å². The molecule has 2 aromatic rings. The smallest absolute Gasteiger partial charge is 0.383 e. The van der Waals surface area contributed by atoms with Crippen LogP contribution in [0.1, 0.15) is 19.4 Å². The van der Waals surface area contributed by atoms with Gasteiger partial charge in [0.1, 0.15) is 11.8 Å². The molecule has 3 rings (SSSR count). The molecule has 1 saturated heterocycles. The van der Waals surface area contributed by atoms with Crippen LogP contribution in [0.2, 0.25) is 10.0 Å². The Morgan fingerprint density at radius 1 is 1.00 bits per heavy atom. The number of halogens is 4. The van der Waals surface area contributed by atoms with E-state index in [1.807, 2.05) is 4.90 Å². The van der Waals surface area contributed by atoms with Gasteiger partial charge in [0.2, 0.25) is 11.7 Å². The number of carbonyl (C=O) groups excluding carboxylic acids is 4. The highest BCUT2D eigenvalue weighted by Gasteiger charge is 2.51. The molecule has 1 aliphatic rings. The van der Waals surface area contributed by atoms with Gasteiger partial charge in [-0.05, 0) is 23.6 Å². The first-order valence-corrected chi connectivity index (χ1v) is 14.9. The molecule has 1 heterocycles. The molecule has 1 fully saturated rings. The van der Waals surface area contributed by atoms with Crippen molar-refractivity contribution in [3.63, 3.8) is 0 Å². The first kappa shape index (κ1) is 35.2. The SMILES string of the molecule is CC(C)C(NC(=O)C(Cc1ccccc1)NC(=O)COc1ccc(Cl)c(Cl)c1)C(=O)C(F)(F)C(=O)NCCN1CCOCC1. The van der Waals surface area contributed by atoms with Crippen molar-refractivity contribution in [2.45, 2.75) is 38.3 Å². The van der Waals surface area contributed by atoms with Gasteiger partial charge in [0.15, 0.2) is 6.61 Å². The van der Waals surface area contributed by atoms with E-state index in [-0.39, 0.29) is 23.7 Å². The van der Waals surface area contributed by atoms with Crippen molar-refractivity contribution in [3.05, 3.63) is 64.1 Å². The highest BCUT2D eigenvalue weighted by molar-refractivity contribution is 6.42. The van der Waals surface area contributed by atoms with E-state index in [1.54, 1.807) is 30.3 Å². The Balaban J connectivity index is 1.66. The fraction of sp³-hybridized carbons (Fsp3) is 0.467. The summed E-state index contributed by atoms with van der Waals surface area (Å²) in [6.45, 7) is 4.89. The van der Waals surface area contributed by atoms with E-state index in [0.717, 1.165) is 0 Å². The van der Waals surface area contributed by atoms with Gasteiger partial charge in [0.25, 0.3) is 11.8 Å². The maximum absolute atomic E-state index is 15.1. The van der Waals surface area contributed by atoms with E-state index in [2.05, 4.69) is 16.0 Å². The van der Waals surface area contributed by atoms with Gasteiger partial charge < -0.3 is 25.4 Å². The van der Waals surface area contributed by atoms with Gasteiger partial charge in [-0.3, -0.25) is 24.1 Å². The van der Waals surface area contributed by atoms with Crippen molar-refractivity contribution >= 4 is 46.7 Å². The standard InChI is InChI=1S/C30H36Cl2F2N4O6/c1-19(2)26(27(40)30(33,34)29(42)35-10-11-38-12-14-43-15-13-38)37-28(41)24(16-20-6-4-3-5-7-20)36-25(39)18-44-21-8-9-22(31)23(32)17-21/h3-9,17,19,24,26H,10-16,18H2,1-2H3,(H,35,42)(H,36,39)(H,37,41). The first-order valence-electron chi connectivity index (χ1n) is 14.1. The summed E-state index contributed by atoms with van der Waals surface area (Å²) in [7, 11) is 0. The van der Waals surface area contributed by atoms with Crippen molar-refractivity contribution in [3.8, 4) is 5.75 Å². The molecule has 10 nitrogen and oxygen atoms in total. The number of Topliss-reactive ketones (excluding diaryl/α,β-unsaturated/α-hetero) is 1. The lowest BCUT2D eigenvalue weighted by Crippen LogP contribution is -2.59. The predicted octanol–water partition coefficient (Wildman–Crippen LogP) is 2.89. The van der Waals surface area contributed by atoms with E-state index >= 15 is 8.78 Å². The second-order valence-electron chi connectivity index (χ2n) is 10.6. The van der Waals surface area contributed by atoms with Crippen LogP contribution in [-0.4, -0.2) is 92.4 Å². The van der Waals surface area contributed by atoms with E-state index in [1.165, 1.54) is 32.0 Å². The number of ether oxygens (including phenoxy) is 2. The van der Waals surface area contributed by atoms with Crippen molar-refractivity contribution in [2.75, 3.05) is 46.0 Å². The lowest BCUT2D eigenvalue weighted by molar-refractivity contribution is -0.161. The largest absolute Gasteiger partial charge is 0.484 e. The molecule has 0 bridgehead atoms. The van der Waals surface area contributed by atoms with Crippen molar-refractivity contribution in [1.29, 1.82) is 0 Å². The Bertz CT molecular complexity index is 1300. The minimum atomic E-state index is -4.40. The van der Waals surface area contributed by atoms with Gasteiger partial charge in [-0.25, -0.2) is 0 Å². The minimum Gasteiger partial charge on any atom is -0.484 e. The predicted molar refractivity (Wildman–Crippen MR) is 161 cm³/mol. The van der Waals surface area contributed by atoms with Crippen LogP contribution in [-0.2, 0) is 30.3 Å². The van der Waals surface area contributed by atoms with Crippen LogP contribution >= 0.6 is 23.2 Å². The average molecular weight is 658 g/mol. The molecule has 0 aliphatic carbocycles. The molecule has 3 N–H and O–H groups in total. The summed E-state index contributed by atoms with van der Waals surface area (Å²) in [5, 5.41) is 7.52. The van der Waals surface area contributed by atoms with Crippen LogP contribution in [0.4, 0.5) is 8.78 Å². The molecule has 0 aromatic heterocycles. The highest BCUT2D eigenvalue weighted by atomic mass is 35.5. The van der Waals surface area contributed by atoms with Gasteiger partial charge in [0, 0.05) is 38.7 Å². The van der Waals surface area contributed by atoms with Gasteiger partial charge >= 0.3 is 5.92 Å². The number of hydrogen-bond acceptors (Lipinski definition) is 7. The number of amides is 3. The van der Waals surface area contributed by atoms with Gasteiger partial charge in [-0.15, -0.1) is 0 Å². The summed E-state index contributed by atoms with van der Waals surface area (Å²) in [6.07, 6.45) is -0.0113. The fourth-order valence-corrected chi connectivity index (χ4v) is 4.66. The molecule has 240 valence electrons. The highest BCUT2D eigenvalue weighted by Crippen LogP contribution is 2.26. The van der Waals surface area contributed by atoms with Crippen molar-refractivity contribution in [1.82, 2.24) is 20.9 Å². The number of hydrogen-bond donors (Lipinski definition) is 3. The molecule has 2 aromatic carbocycles. The van der Waals surface area contributed by atoms with Gasteiger partial charge in [0.05, 0.1) is 29.3 Å². The monoisotopic (exact) mass is 656 g/mol. The molecular weight excluding hydrogens is 621 g/mol. The third-order valence-electron chi connectivity index (χ3n) is 6.85. The normalized spacial score (nSPS) is 15.2. The molecule has 2 atom stereocenters. The van der Waals surface area contributed by atoms with Gasteiger partial charge in [-0.1, -0.05) is 67.4 Å². The van der Waals surface area contributed by atoms with Crippen molar-refractivity contribution < 1.29 is 37.4 Å². The van der Waals surface area contributed by atoms with Gasteiger partial charge in [-0.2, -0.15) is 8.78 Å². The number of alkyl halides is 2. The Morgan fingerprint density at radius 2 is 1.68 bits per heavy atom. The van der Waals surface area contributed by atoms with E-state index in [4.69, 9.17) is 32.7 Å². The second kappa shape index (κ2) is 16.7. The average Bonchev–Trinajstić information content (AvgIpc) is 3.00. The quantitative estimate of drug-likeness (QED) is 0.252. The lowest BCUT2D eigenvalue weighted by atomic mass is 9.94. The molecule has 0 saturated carbocycles. The Labute approximate surface area is 264 Å². The molecule has 14 heteroatoms. The summed E-state index contributed by atoms with van der Waals surface area (Å²) in [4.78, 5) is 53.5. The zero-order chi connectivity index (χ0) is 32.3. The van der Waals surface area contributed by atoms with Crippen LogP contribution in [0.3, 0.4) is 0 Å². The first-order chi connectivity index (χ1) is 20.9. The topological polar surface area (TPSA) is 126 Å². The summed E-state index contributed by atoms with van der Waals surface area (Å²) < 4.78 is 40.8. The van der Waals surface area contributed by atoms with E-state index in [9.17, 15) is 19.2 Å². The summed E-state index contributed by atoms with van der Waals surface area (Å²) >= 11 is 11.9. The number of carbonyl (C=O) groups is 4. The maximum Gasteiger partial charge on any atom is 0.383 e. The number of ketones is 1. The molecule has 44 heavy (non-hydrogen) atoms. The summed E-state index contributed by atoms with van der Waals surface area (Å²) in [6, 6.07) is 10.1. The van der Waals surface area contributed by atoms with Crippen LogP contribution < -0.4 is 20.7 Å². The third kappa shape index (κ3) is 10.4. The third-order valence-corrected chi connectivity index (χ3v) is 7.59. The maximum atomic E-state index is 15.1. The van der Waals surface area contributed by atoms with Crippen LogP contribution in [0.5, 0.6) is 5.75 Å². The fourth-order valence-electron chi connectivity index (χ4n) is 4.37. The number of benzene rings is 2. The number of rotatable bonds is 15. The molecule has 1 aliphatic heterocycles. The Hall–Kier alpha value is -3.32. The lowest BCUT2D eigenvalue weighted by Gasteiger charge is -2.28. The van der Waals surface area contributed by atoms with Crippen LogP contribution in [0, 0.1) is 5.92 Å². The molecule has 0 radical (unpaired) electrons. The zero-order valence-corrected chi connectivity index (χ0v) is 25.9. The van der Waals surface area contributed by atoms with E-state index < -0.39 is 54.0 Å². The summed E-state index contributed by atoms with van der Waals surface area (Å²) in [5.41, 5.74) is 0.663. The zero-order valence-electron chi connectivity index (χ0n) is 24.4. The minimum absolute atomic E-state index is 0.0113. The number of nitrogens with one attached hydrogen (secondary N) is 3. The second-order valence-corrected chi connectivity index (χ2v) is 11.4.